The first kappa shape index (κ1) is 20.3. The van der Waals surface area contributed by atoms with Gasteiger partial charge in [-0.2, -0.15) is 0 Å². The Kier molecular flexibility index (Phi) is 6.44. The van der Waals surface area contributed by atoms with E-state index in [1.807, 2.05) is 55.5 Å². The van der Waals surface area contributed by atoms with E-state index in [0.717, 1.165) is 23.1 Å². The number of rotatable bonds is 7. The number of fused-ring (bicyclic) bond motifs is 1. The van der Waals surface area contributed by atoms with Gasteiger partial charge in [0.1, 0.15) is 11.8 Å². The molecule has 6 nitrogen and oxygen atoms in total. The number of para-hydroxylation sites is 1. The maximum absolute atomic E-state index is 13.0. The van der Waals surface area contributed by atoms with Gasteiger partial charge >= 0.3 is 0 Å². The summed E-state index contributed by atoms with van der Waals surface area (Å²) in [5, 5.41) is 6.33. The highest BCUT2D eigenvalue weighted by Gasteiger charge is 2.19. The first-order valence-electron chi connectivity index (χ1n) is 9.66. The summed E-state index contributed by atoms with van der Waals surface area (Å²) in [5.74, 6) is 0.242. The van der Waals surface area contributed by atoms with E-state index < -0.39 is 6.04 Å². The Morgan fingerprint density at radius 1 is 1.10 bits per heavy atom. The summed E-state index contributed by atoms with van der Waals surface area (Å²) in [6.07, 6.45) is 0.840. The molecule has 150 valence electrons. The lowest BCUT2D eigenvalue weighted by Crippen LogP contribution is -2.45. The number of ether oxygens (including phenoxy) is 1. The first-order valence-corrected chi connectivity index (χ1v) is 9.66. The number of pyridine rings is 1. The number of carbonyl (C=O) groups is 2. The molecule has 1 aromatic heterocycles. The third-order valence-corrected chi connectivity index (χ3v) is 4.64. The number of carbonyl (C=O) groups excluding carboxylic acids is 2. The molecule has 0 bridgehead atoms. The quantitative estimate of drug-likeness (QED) is 0.645. The Bertz CT molecular complexity index is 1020. The predicted octanol–water partition coefficient (Wildman–Crippen LogP) is 3.55. The number of hydrogen-bond donors (Lipinski definition) is 2. The predicted molar refractivity (Wildman–Crippen MR) is 114 cm³/mol. The molecule has 0 saturated heterocycles. The molecule has 0 radical (unpaired) electrons. The van der Waals surface area contributed by atoms with Gasteiger partial charge in [0.25, 0.3) is 5.91 Å². The lowest BCUT2D eigenvalue weighted by Gasteiger charge is -2.15. The molecular weight excluding hydrogens is 366 g/mol. The minimum absolute atomic E-state index is 0.200. The van der Waals surface area contributed by atoms with Gasteiger partial charge in [-0.05, 0) is 49.7 Å². The number of aromatic nitrogens is 1. The second kappa shape index (κ2) is 9.19. The summed E-state index contributed by atoms with van der Waals surface area (Å²) in [7, 11) is 1.61. The Morgan fingerprint density at radius 3 is 2.52 bits per heavy atom. The third kappa shape index (κ3) is 4.71. The fourth-order valence-corrected chi connectivity index (χ4v) is 3.01. The molecule has 3 rings (SSSR count). The molecule has 1 heterocycles. The maximum Gasteiger partial charge on any atom is 0.252 e. The zero-order chi connectivity index (χ0) is 20.8. The molecule has 0 spiro atoms. The largest absolute Gasteiger partial charge is 0.497 e. The molecule has 1 atom stereocenters. The topological polar surface area (TPSA) is 80.3 Å². The summed E-state index contributed by atoms with van der Waals surface area (Å²) in [5.41, 5.74) is 2.75. The van der Waals surface area contributed by atoms with Crippen LogP contribution in [0.1, 0.15) is 30.6 Å². The fraction of sp³-hybridized carbons (Fsp3) is 0.261. The number of amides is 2. The van der Waals surface area contributed by atoms with Crippen molar-refractivity contribution in [2.24, 2.45) is 0 Å². The minimum atomic E-state index is -0.634. The van der Waals surface area contributed by atoms with Crippen LogP contribution < -0.4 is 15.4 Å². The molecule has 0 unspecified atom stereocenters. The fourth-order valence-electron chi connectivity index (χ4n) is 3.01. The van der Waals surface area contributed by atoms with Crippen molar-refractivity contribution in [3.05, 3.63) is 60.2 Å². The number of methoxy groups -OCH3 is 1. The minimum Gasteiger partial charge on any atom is -0.497 e. The smallest absolute Gasteiger partial charge is 0.252 e. The van der Waals surface area contributed by atoms with Crippen LogP contribution >= 0.6 is 0 Å². The monoisotopic (exact) mass is 391 g/mol. The van der Waals surface area contributed by atoms with E-state index >= 15 is 0 Å². The van der Waals surface area contributed by atoms with E-state index in [4.69, 9.17) is 9.72 Å². The van der Waals surface area contributed by atoms with Gasteiger partial charge < -0.3 is 15.4 Å². The molecule has 0 fully saturated rings. The molecule has 0 aliphatic heterocycles. The zero-order valence-electron chi connectivity index (χ0n) is 16.9. The van der Waals surface area contributed by atoms with Gasteiger partial charge in [-0.15, -0.1) is 0 Å². The van der Waals surface area contributed by atoms with Crippen molar-refractivity contribution >= 4 is 22.7 Å². The van der Waals surface area contributed by atoms with Crippen LogP contribution in [-0.2, 0) is 4.79 Å². The Labute approximate surface area is 170 Å². The van der Waals surface area contributed by atoms with Crippen LogP contribution in [0, 0.1) is 0 Å². The van der Waals surface area contributed by atoms with E-state index in [1.165, 1.54) is 0 Å². The lowest BCUT2D eigenvalue weighted by atomic mass is 10.0. The molecule has 2 aromatic carbocycles. The summed E-state index contributed by atoms with van der Waals surface area (Å²) >= 11 is 0. The van der Waals surface area contributed by atoms with Crippen molar-refractivity contribution in [1.82, 2.24) is 15.6 Å². The Morgan fingerprint density at radius 2 is 1.83 bits per heavy atom. The van der Waals surface area contributed by atoms with E-state index in [9.17, 15) is 9.59 Å². The highest BCUT2D eigenvalue weighted by Crippen LogP contribution is 2.26. The number of benzene rings is 2. The van der Waals surface area contributed by atoms with Crippen LogP contribution in [0.3, 0.4) is 0 Å². The SMILES string of the molecule is CCCNC(=O)[C@H](C)NC(=O)c1cc(-c2ccc(OC)cc2)nc2ccccc12. The second-order valence-corrected chi connectivity index (χ2v) is 6.79. The van der Waals surface area contributed by atoms with Crippen LogP contribution in [-0.4, -0.2) is 36.5 Å². The molecule has 2 N–H and O–H groups in total. The molecule has 2 amide bonds. The van der Waals surface area contributed by atoms with E-state index in [1.54, 1.807) is 20.1 Å². The van der Waals surface area contributed by atoms with Crippen molar-refractivity contribution in [2.45, 2.75) is 26.3 Å². The maximum atomic E-state index is 13.0. The molecule has 6 heteroatoms. The van der Waals surface area contributed by atoms with Crippen LogP contribution in [0.25, 0.3) is 22.2 Å². The summed E-state index contributed by atoms with van der Waals surface area (Å²) < 4.78 is 5.21. The molecule has 3 aromatic rings. The molecule has 29 heavy (non-hydrogen) atoms. The van der Waals surface area contributed by atoms with Crippen molar-refractivity contribution < 1.29 is 14.3 Å². The normalized spacial score (nSPS) is 11.7. The van der Waals surface area contributed by atoms with Gasteiger partial charge in [0, 0.05) is 17.5 Å². The first-order chi connectivity index (χ1) is 14.0. The summed E-state index contributed by atoms with van der Waals surface area (Å²) in [6.45, 7) is 4.24. The molecular formula is C23H25N3O3. The number of hydrogen-bond acceptors (Lipinski definition) is 4. The average Bonchev–Trinajstić information content (AvgIpc) is 2.76. The van der Waals surface area contributed by atoms with Crippen LogP contribution in [0.15, 0.2) is 54.6 Å². The zero-order valence-corrected chi connectivity index (χ0v) is 16.9. The average molecular weight is 391 g/mol. The lowest BCUT2D eigenvalue weighted by molar-refractivity contribution is -0.122. The summed E-state index contributed by atoms with van der Waals surface area (Å²) in [6, 6.07) is 16.1. The Balaban J connectivity index is 1.95. The van der Waals surface area contributed by atoms with E-state index in [-0.39, 0.29) is 11.8 Å². The second-order valence-electron chi connectivity index (χ2n) is 6.79. The van der Waals surface area contributed by atoms with Crippen molar-refractivity contribution in [1.29, 1.82) is 0 Å². The highest BCUT2D eigenvalue weighted by molar-refractivity contribution is 6.08. The van der Waals surface area contributed by atoms with E-state index in [0.29, 0.717) is 23.3 Å². The molecule has 0 saturated carbocycles. The number of nitrogens with zero attached hydrogens (tertiary/aromatic N) is 1. The van der Waals surface area contributed by atoms with Crippen molar-refractivity contribution in [3.8, 4) is 17.0 Å². The molecule has 0 aliphatic rings. The van der Waals surface area contributed by atoms with Crippen LogP contribution in [0.4, 0.5) is 0 Å². The number of nitrogens with one attached hydrogen (secondary N) is 2. The van der Waals surface area contributed by atoms with Gasteiger partial charge in [-0.25, -0.2) is 4.98 Å². The Hall–Kier alpha value is -3.41. The van der Waals surface area contributed by atoms with Gasteiger partial charge in [-0.1, -0.05) is 25.1 Å². The van der Waals surface area contributed by atoms with Crippen LogP contribution in [0.2, 0.25) is 0 Å². The standard InChI is InChI=1S/C23H25N3O3/c1-4-13-24-22(27)15(2)25-23(28)19-14-21(16-9-11-17(29-3)12-10-16)26-20-8-6-5-7-18(19)20/h5-12,14-15H,4,13H2,1-3H3,(H,24,27)(H,25,28)/t15-/m0/s1. The van der Waals surface area contributed by atoms with Gasteiger partial charge in [0.05, 0.1) is 23.9 Å². The van der Waals surface area contributed by atoms with Crippen molar-refractivity contribution in [3.63, 3.8) is 0 Å². The van der Waals surface area contributed by atoms with Gasteiger partial charge in [0.2, 0.25) is 5.91 Å². The highest BCUT2D eigenvalue weighted by atomic mass is 16.5. The molecule has 0 aliphatic carbocycles. The van der Waals surface area contributed by atoms with E-state index in [2.05, 4.69) is 10.6 Å². The van der Waals surface area contributed by atoms with Gasteiger partial charge in [-0.3, -0.25) is 9.59 Å². The van der Waals surface area contributed by atoms with Gasteiger partial charge in [0.15, 0.2) is 0 Å². The van der Waals surface area contributed by atoms with Crippen molar-refractivity contribution in [2.75, 3.05) is 13.7 Å². The van der Waals surface area contributed by atoms with Crippen LogP contribution in [0.5, 0.6) is 5.75 Å². The summed E-state index contributed by atoms with van der Waals surface area (Å²) in [4.78, 5) is 29.8. The third-order valence-electron chi connectivity index (χ3n) is 4.64.